The molecule has 82 valence electrons. The normalized spacial score (nSPS) is 41.1. The first-order valence-corrected chi connectivity index (χ1v) is 5.60. The smallest absolute Gasteiger partial charge is 0.128 e. The van der Waals surface area contributed by atoms with Gasteiger partial charge in [0, 0.05) is 38.3 Å². The molecule has 2 aliphatic heterocycles. The Morgan fingerprint density at radius 1 is 1.21 bits per heavy atom. The van der Waals surface area contributed by atoms with Crippen molar-refractivity contribution in [2.75, 3.05) is 32.7 Å². The van der Waals surface area contributed by atoms with E-state index < -0.39 is 6.17 Å². The number of halogens is 1. The second-order valence-electron chi connectivity index (χ2n) is 4.37. The minimum atomic E-state index is -0.690. The maximum absolute atomic E-state index is 13.7. The largest absolute Gasteiger partial charge is 0.314 e. The summed E-state index contributed by atoms with van der Waals surface area (Å²) in [6.45, 7) is 6.66. The van der Waals surface area contributed by atoms with Crippen LogP contribution in [0.3, 0.4) is 0 Å². The van der Waals surface area contributed by atoms with Crippen molar-refractivity contribution in [2.45, 2.75) is 31.6 Å². The lowest BCUT2D eigenvalue weighted by Gasteiger charge is -2.43. The maximum Gasteiger partial charge on any atom is 0.128 e. The molecule has 2 rings (SSSR count). The van der Waals surface area contributed by atoms with Gasteiger partial charge in [-0.05, 0) is 19.9 Å². The zero-order valence-corrected chi connectivity index (χ0v) is 8.80. The lowest BCUT2D eigenvalue weighted by molar-refractivity contribution is 0.0425. The van der Waals surface area contributed by atoms with E-state index in [1.807, 2.05) is 0 Å². The number of rotatable bonds is 1. The summed E-state index contributed by atoms with van der Waals surface area (Å²) in [5.74, 6) is 0. The number of piperidine rings is 1. The fourth-order valence-electron chi connectivity index (χ4n) is 2.53. The van der Waals surface area contributed by atoms with Crippen LogP contribution in [-0.2, 0) is 0 Å². The van der Waals surface area contributed by atoms with Gasteiger partial charge in [-0.25, -0.2) is 4.39 Å². The third-order valence-corrected chi connectivity index (χ3v) is 3.35. The number of piperazine rings is 1. The highest BCUT2D eigenvalue weighted by Gasteiger charge is 2.33. The standard InChI is InChI=1S/C10H20FN3/c1-8-6-13-4-5-14(8)10-2-3-12-7-9(10)11/h8-10,12-13H,2-7H2,1H3. The van der Waals surface area contributed by atoms with Crippen LogP contribution in [0.15, 0.2) is 0 Å². The molecule has 0 radical (unpaired) electrons. The summed E-state index contributed by atoms with van der Waals surface area (Å²) in [4.78, 5) is 2.34. The van der Waals surface area contributed by atoms with Crippen LogP contribution in [-0.4, -0.2) is 55.9 Å². The molecule has 2 aliphatic rings. The van der Waals surface area contributed by atoms with Gasteiger partial charge in [0.15, 0.2) is 0 Å². The topological polar surface area (TPSA) is 27.3 Å². The Labute approximate surface area is 85.0 Å². The van der Waals surface area contributed by atoms with Gasteiger partial charge in [-0.15, -0.1) is 0 Å². The fourth-order valence-corrected chi connectivity index (χ4v) is 2.53. The Hall–Kier alpha value is -0.190. The van der Waals surface area contributed by atoms with Gasteiger partial charge in [-0.3, -0.25) is 4.90 Å². The van der Waals surface area contributed by atoms with Gasteiger partial charge in [0.25, 0.3) is 0 Å². The van der Waals surface area contributed by atoms with Crippen LogP contribution in [0.25, 0.3) is 0 Å². The Kier molecular flexibility index (Phi) is 3.36. The van der Waals surface area contributed by atoms with E-state index in [1.54, 1.807) is 0 Å². The summed E-state index contributed by atoms with van der Waals surface area (Å²) in [6, 6.07) is 0.624. The predicted octanol–water partition coefficient (Wildman–Crippen LogP) is -0.0199. The Bertz CT molecular complexity index is 168. The molecule has 2 saturated heterocycles. The number of nitrogens with zero attached hydrogens (tertiary/aromatic N) is 1. The van der Waals surface area contributed by atoms with E-state index in [-0.39, 0.29) is 6.04 Å². The molecule has 3 atom stereocenters. The summed E-state index contributed by atoms with van der Waals surface area (Å²) in [5.41, 5.74) is 0. The molecule has 3 nitrogen and oxygen atoms in total. The van der Waals surface area contributed by atoms with E-state index in [0.717, 1.165) is 32.6 Å². The highest BCUT2D eigenvalue weighted by Crippen LogP contribution is 2.18. The molecular weight excluding hydrogens is 181 g/mol. The van der Waals surface area contributed by atoms with Crippen molar-refractivity contribution >= 4 is 0 Å². The van der Waals surface area contributed by atoms with E-state index in [9.17, 15) is 4.39 Å². The molecule has 3 unspecified atom stereocenters. The van der Waals surface area contributed by atoms with E-state index >= 15 is 0 Å². The highest BCUT2D eigenvalue weighted by atomic mass is 19.1. The maximum atomic E-state index is 13.7. The number of nitrogens with one attached hydrogen (secondary N) is 2. The van der Waals surface area contributed by atoms with E-state index in [2.05, 4.69) is 22.5 Å². The van der Waals surface area contributed by atoms with E-state index in [4.69, 9.17) is 0 Å². The van der Waals surface area contributed by atoms with Crippen LogP contribution >= 0.6 is 0 Å². The summed E-state index contributed by atoms with van der Waals surface area (Å²) < 4.78 is 13.7. The van der Waals surface area contributed by atoms with E-state index in [1.165, 1.54) is 0 Å². The molecule has 4 heteroatoms. The monoisotopic (exact) mass is 201 g/mol. The van der Waals surface area contributed by atoms with Crippen molar-refractivity contribution in [1.29, 1.82) is 0 Å². The molecule has 2 heterocycles. The van der Waals surface area contributed by atoms with Crippen molar-refractivity contribution in [1.82, 2.24) is 15.5 Å². The van der Waals surface area contributed by atoms with Crippen molar-refractivity contribution in [2.24, 2.45) is 0 Å². The number of hydrogen-bond acceptors (Lipinski definition) is 3. The second kappa shape index (κ2) is 4.55. The molecule has 0 bridgehead atoms. The minimum Gasteiger partial charge on any atom is -0.314 e. The minimum absolute atomic E-state index is 0.147. The highest BCUT2D eigenvalue weighted by molar-refractivity contribution is 4.90. The molecule has 0 aliphatic carbocycles. The number of alkyl halides is 1. The van der Waals surface area contributed by atoms with Crippen molar-refractivity contribution in [3.05, 3.63) is 0 Å². The molecule has 2 fully saturated rings. The summed E-state index contributed by atoms with van der Waals surface area (Å²) >= 11 is 0. The SMILES string of the molecule is CC1CNCCN1C1CCNCC1F. The van der Waals surface area contributed by atoms with Gasteiger partial charge in [-0.2, -0.15) is 0 Å². The summed E-state index contributed by atoms with van der Waals surface area (Å²) in [7, 11) is 0. The molecular formula is C10H20FN3. The second-order valence-corrected chi connectivity index (χ2v) is 4.37. The van der Waals surface area contributed by atoms with Gasteiger partial charge in [0.05, 0.1) is 0 Å². The molecule has 0 saturated carbocycles. The van der Waals surface area contributed by atoms with Gasteiger partial charge < -0.3 is 10.6 Å². The Morgan fingerprint density at radius 2 is 2.00 bits per heavy atom. The zero-order valence-electron chi connectivity index (χ0n) is 8.80. The van der Waals surface area contributed by atoms with Crippen LogP contribution < -0.4 is 10.6 Å². The van der Waals surface area contributed by atoms with Gasteiger partial charge in [0.2, 0.25) is 0 Å². The van der Waals surface area contributed by atoms with Crippen molar-refractivity contribution in [3.63, 3.8) is 0 Å². The molecule has 0 spiro atoms. The van der Waals surface area contributed by atoms with Crippen LogP contribution in [0.1, 0.15) is 13.3 Å². The summed E-state index contributed by atoms with van der Waals surface area (Å²) in [5, 5.41) is 6.44. The van der Waals surface area contributed by atoms with Crippen molar-refractivity contribution in [3.8, 4) is 0 Å². The molecule has 0 amide bonds. The first kappa shape index (κ1) is 10.3. The fraction of sp³-hybridized carbons (Fsp3) is 1.00. The van der Waals surface area contributed by atoms with Gasteiger partial charge >= 0.3 is 0 Å². The van der Waals surface area contributed by atoms with Crippen LogP contribution in [0, 0.1) is 0 Å². The van der Waals surface area contributed by atoms with Crippen LogP contribution in [0.5, 0.6) is 0 Å². The molecule has 0 aromatic heterocycles. The lowest BCUT2D eigenvalue weighted by atomic mass is 10.00. The Morgan fingerprint density at radius 3 is 2.71 bits per heavy atom. The lowest BCUT2D eigenvalue weighted by Crippen LogP contribution is -2.59. The van der Waals surface area contributed by atoms with E-state index in [0.29, 0.717) is 12.6 Å². The average molecular weight is 201 g/mol. The quantitative estimate of drug-likeness (QED) is 0.624. The molecule has 0 aromatic rings. The van der Waals surface area contributed by atoms with Crippen LogP contribution in [0.4, 0.5) is 4.39 Å². The average Bonchev–Trinajstić information content (AvgIpc) is 2.20. The first-order valence-electron chi connectivity index (χ1n) is 5.60. The van der Waals surface area contributed by atoms with Crippen molar-refractivity contribution < 1.29 is 4.39 Å². The molecule has 14 heavy (non-hydrogen) atoms. The molecule has 2 N–H and O–H groups in total. The molecule has 0 aromatic carbocycles. The third-order valence-electron chi connectivity index (χ3n) is 3.35. The summed E-state index contributed by atoms with van der Waals surface area (Å²) in [6.07, 6.45) is 0.259. The third kappa shape index (κ3) is 2.07. The first-order chi connectivity index (χ1) is 6.79. The Balaban J connectivity index is 1.96. The number of hydrogen-bond donors (Lipinski definition) is 2. The zero-order chi connectivity index (χ0) is 9.97. The van der Waals surface area contributed by atoms with Crippen LogP contribution in [0.2, 0.25) is 0 Å². The van der Waals surface area contributed by atoms with Gasteiger partial charge in [0.1, 0.15) is 6.17 Å². The predicted molar refractivity (Wildman–Crippen MR) is 55.2 cm³/mol. The van der Waals surface area contributed by atoms with Gasteiger partial charge in [-0.1, -0.05) is 0 Å².